The Bertz CT molecular complexity index is 468. The van der Waals surface area contributed by atoms with Crippen molar-refractivity contribution < 1.29 is 0 Å². The Morgan fingerprint density at radius 2 is 2.24 bits per heavy atom. The van der Waals surface area contributed by atoms with Crippen LogP contribution in [0, 0.1) is 0 Å². The summed E-state index contributed by atoms with van der Waals surface area (Å²) >= 11 is 1.67. The van der Waals surface area contributed by atoms with E-state index in [9.17, 15) is 0 Å². The molecule has 2 aromatic rings. The van der Waals surface area contributed by atoms with Gasteiger partial charge < -0.3 is 10.2 Å². The minimum absolute atomic E-state index is 0.968. The Balaban J connectivity index is 2.30. The van der Waals surface area contributed by atoms with Gasteiger partial charge in [-0.1, -0.05) is 6.92 Å². The van der Waals surface area contributed by atoms with Crippen molar-refractivity contribution in [2.24, 2.45) is 0 Å². The molecule has 0 spiro atoms. The molecule has 0 fully saturated rings. The van der Waals surface area contributed by atoms with Crippen molar-refractivity contribution in [2.75, 3.05) is 31.6 Å². The second-order valence-corrected chi connectivity index (χ2v) is 4.82. The molecule has 2 heterocycles. The van der Waals surface area contributed by atoms with Crippen LogP contribution < -0.4 is 10.2 Å². The Labute approximate surface area is 106 Å². The van der Waals surface area contributed by atoms with E-state index in [0.29, 0.717) is 0 Å². The zero-order valence-corrected chi connectivity index (χ0v) is 11.1. The van der Waals surface area contributed by atoms with Crippen LogP contribution in [0.15, 0.2) is 17.8 Å². The number of likely N-dealkylation sites (N-methyl/N-ethyl adjacent to an activating group) is 1. The predicted molar refractivity (Wildman–Crippen MR) is 73.8 cm³/mol. The predicted octanol–water partition coefficient (Wildman–Crippen LogP) is 2.13. The molecule has 0 aliphatic rings. The molecule has 92 valence electrons. The molecule has 5 heteroatoms. The topological polar surface area (TPSA) is 41.0 Å². The van der Waals surface area contributed by atoms with Crippen LogP contribution in [0.4, 0.5) is 5.82 Å². The molecule has 0 aromatic carbocycles. The number of nitrogens with zero attached hydrogens (tertiary/aromatic N) is 3. The molecule has 0 unspecified atom stereocenters. The molecule has 0 amide bonds. The van der Waals surface area contributed by atoms with E-state index in [-0.39, 0.29) is 0 Å². The standard InChI is InChI=1S/C12H18N4S/c1-3-6-16(7-5-13-2)11-10-4-8-17-12(10)15-9-14-11/h4,8-9,13H,3,5-7H2,1-2H3. The van der Waals surface area contributed by atoms with Gasteiger partial charge in [0.2, 0.25) is 0 Å². The van der Waals surface area contributed by atoms with Gasteiger partial charge in [0.25, 0.3) is 0 Å². The highest BCUT2D eigenvalue weighted by Crippen LogP contribution is 2.26. The van der Waals surface area contributed by atoms with Crippen molar-refractivity contribution in [2.45, 2.75) is 13.3 Å². The summed E-state index contributed by atoms with van der Waals surface area (Å²) in [4.78, 5) is 12.1. The summed E-state index contributed by atoms with van der Waals surface area (Å²) in [5.74, 6) is 1.06. The highest BCUT2D eigenvalue weighted by molar-refractivity contribution is 7.16. The molecule has 0 aliphatic heterocycles. The summed E-state index contributed by atoms with van der Waals surface area (Å²) in [6.07, 6.45) is 2.79. The van der Waals surface area contributed by atoms with Gasteiger partial charge in [-0.05, 0) is 24.9 Å². The largest absolute Gasteiger partial charge is 0.355 e. The molecule has 0 atom stereocenters. The van der Waals surface area contributed by atoms with Crippen LogP contribution >= 0.6 is 11.3 Å². The maximum Gasteiger partial charge on any atom is 0.140 e. The van der Waals surface area contributed by atoms with E-state index in [1.165, 1.54) is 5.39 Å². The van der Waals surface area contributed by atoms with Gasteiger partial charge in [-0.3, -0.25) is 0 Å². The average molecular weight is 250 g/mol. The van der Waals surface area contributed by atoms with Gasteiger partial charge in [0.15, 0.2) is 0 Å². The molecule has 4 nitrogen and oxygen atoms in total. The minimum atomic E-state index is 0.968. The molecular formula is C12H18N4S. The first-order chi connectivity index (χ1) is 8.36. The maximum atomic E-state index is 4.44. The van der Waals surface area contributed by atoms with Gasteiger partial charge in [-0.2, -0.15) is 0 Å². The van der Waals surface area contributed by atoms with Crippen LogP contribution in [-0.2, 0) is 0 Å². The Kier molecular flexibility index (Phi) is 4.28. The molecule has 0 aliphatic carbocycles. The van der Waals surface area contributed by atoms with E-state index in [2.05, 4.69) is 38.6 Å². The van der Waals surface area contributed by atoms with Crippen LogP contribution in [0.3, 0.4) is 0 Å². The lowest BCUT2D eigenvalue weighted by Crippen LogP contribution is -2.32. The van der Waals surface area contributed by atoms with E-state index in [1.54, 1.807) is 17.7 Å². The lowest BCUT2D eigenvalue weighted by atomic mass is 10.3. The Morgan fingerprint density at radius 3 is 3.00 bits per heavy atom. The van der Waals surface area contributed by atoms with E-state index >= 15 is 0 Å². The van der Waals surface area contributed by atoms with Crippen LogP contribution in [-0.4, -0.2) is 36.6 Å². The first-order valence-electron chi connectivity index (χ1n) is 5.94. The van der Waals surface area contributed by atoms with E-state index in [4.69, 9.17) is 0 Å². The first kappa shape index (κ1) is 12.3. The van der Waals surface area contributed by atoms with Crippen molar-refractivity contribution in [3.8, 4) is 0 Å². The van der Waals surface area contributed by atoms with Crippen molar-refractivity contribution in [3.05, 3.63) is 17.8 Å². The van der Waals surface area contributed by atoms with E-state index in [1.807, 2.05) is 7.05 Å². The smallest absolute Gasteiger partial charge is 0.140 e. The molecular weight excluding hydrogens is 232 g/mol. The van der Waals surface area contributed by atoms with Gasteiger partial charge in [0, 0.05) is 19.6 Å². The number of aromatic nitrogens is 2. The van der Waals surface area contributed by atoms with Crippen LogP contribution in [0.2, 0.25) is 0 Å². The number of nitrogens with one attached hydrogen (secondary N) is 1. The number of thiophene rings is 1. The van der Waals surface area contributed by atoms with Crippen LogP contribution in [0.1, 0.15) is 13.3 Å². The van der Waals surface area contributed by atoms with Crippen molar-refractivity contribution in [1.82, 2.24) is 15.3 Å². The summed E-state index contributed by atoms with van der Waals surface area (Å²) in [5, 5.41) is 6.43. The number of rotatable bonds is 6. The lowest BCUT2D eigenvalue weighted by molar-refractivity contribution is 0.704. The zero-order chi connectivity index (χ0) is 12.1. The van der Waals surface area contributed by atoms with Gasteiger partial charge in [-0.25, -0.2) is 9.97 Å². The van der Waals surface area contributed by atoms with Gasteiger partial charge in [-0.15, -0.1) is 11.3 Å². The fraction of sp³-hybridized carbons (Fsp3) is 0.500. The monoisotopic (exact) mass is 250 g/mol. The zero-order valence-electron chi connectivity index (χ0n) is 10.3. The summed E-state index contributed by atoms with van der Waals surface area (Å²) in [6, 6.07) is 2.11. The molecule has 17 heavy (non-hydrogen) atoms. The summed E-state index contributed by atoms with van der Waals surface area (Å²) < 4.78 is 0. The van der Waals surface area contributed by atoms with Gasteiger partial charge in [0.05, 0.1) is 5.39 Å². The number of anilines is 1. The fourth-order valence-corrected chi connectivity index (χ4v) is 2.60. The fourth-order valence-electron chi connectivity index (χ4n) is 1.87. The quantitative estimate of drug-likeness (QED) is 0.852. The summed E-state index contributed by atoms with van der Waals surface area (Å²) in [5.41, 5.74) is 0. The van der Waals surface area contributed by atoms with Crippen LogP contribution in [0.5, 0.6) is 0 Å². The molecule has 2 aromatic heterocycles. The van der Waals surface area contributed by atoms with E-state index < -0.39 is 0 Å². The lowest BCUT2D eigenvalue weighted by Gasteiger charge is -2.23. The second kappa shape index (κ2) is 5.93. The third kappa shape index (κ3) is 2.73. The highest BCUT2D eigenvalue weighted by Gasteiger charge is 2.11. The van der Waals surface area contributed by atoms with Crippen molar-refractivity contribution in [1.29, 1.82) is 0 Å². The average Bonchev–Trinajstić information content (AvgIpc) is 2.82. The Hall–Kier alpha value is -1.20. The molecule has 0 saturated carbocycles. The molecule has 0 saturated heterocycles. The molecule has 2 rings (SSSR count). The van der Waals surface area contributed by atoms with Crippen molar-refractivity contribution in [3.63, 3.8) is 0 Å². The molecule has 0 bridgehead atoms. The van der Waals surface area contributed by atoms with E-state index in [0.717, 1.165) is 36.7 Å². The number of hydrogen-bond donors (Lipinski definition) is 1. The highest BCUT2D eigenvalue weighted by atomic mass is 32.1. The third-order valence-electron chi connectivity index (χ3n) is 2.67. The third-order valence-corrected chi connectivity index (χ3v) is 3.49. The van der Waals surface area contributed by atoms with Crippen LogP contribution in [0.25, 0.3) is 10.2 Å². The first-order valence-corrected chi connectivity index (χ1v) is 6.82. The normalized spacial score (nSPS) is 10.9. The molecule has 1 N–H and O–H groups in total. The second-order valence-electron chi connectivity index (χ2n) is 3.93. The number of fused-ring (bicyclic) bond motifs is 1. The maximum absolute atomic E-state index is 4.44. The Morgan fingerprint density at radius 1 is 1.35 bits per heavy atom. The summed E-state index contributed by atoms with van der Waals surface area (Å²) in [6.45, 7) is 5.17. The van der Waals surface area contributed by atoms with Gasteiger partial charge >= 0.3 is 0 Å². The van der Waals surface area contributed by atoms with Crippen molar-refractivity contribution >= 4 is 27.4 Å². The molecule has 0 radical (unpaired) electrons. The number of hydrogen-bond acceptors (Lipinski definition) is 5. The SMILES string of the molecule is CCCN(CCNC)c1ncnc2sccc12. The van der Waals surface area contributed by atoms with Gasteiger partial charge in [0.1, 0.15) is 17.0 Å². The minimum Gasteiger partial charge on any atom is -0.355 e. The summed E-state index contributed by atoms with van der Waals surface area (Å²) in [7, 11) is 1.98.